The fourth-order valence-corrected chi connectivity index (χ4v) is 2.33. The second kappa shape index (κ2) is 4.69. The minimum Gasteiger partial charge on any atom is -0.366 e. The van der Waals surface area contributed by atoms with Gasteiger partial charge in [-0.05, 0) is 26.7 Å². The van der Waals surface area contributed by atoms with Crippen LogP contribution in [0.3, 0.4) is 0 Å². The molecule has 2 rings (SSSR count). The molecular formula is C12H21N3. The zero-order valence-corrected chi connectivity index (χ0v) is 9.71. The third kappa shape index (κ3) is 2.74. The van der Waals surface area contributed by atoms with Gasteiger partial charge in [0.1, 0.15) is 5.82 Å². The predicted octanol–water partition coefficient (Wildman–Crippen LogP) is 3.28. The standard InChI is InChI=1S/C12H21N3/c1-9(2)13-12-8-11(14-15-12)10-6-4-3-5-7-10/h8-10H,3-7H2,1-2H3,(H2,13,14,15). The average Bonchev–Trinajstić information content (AvgIpc) is 2.67. The van der Waals surface area contributed by atoms with Crippen molar-refractivity contribution in [1.29, 1.82) is 0 Å². The minimum absolute atomic E-state index is 0.451. The number of nitrogens with one attached hydrogen (secondary N) is 2. The first kappa shape index (κ1) is 10.5. The molecule has 0 unspecified atom stereocenters. The first-order chi connectivity index (χ1) is 7.25. The van der Waals surface area contributed by atoms with Gasteiger partial charge in [0.25, 0.3) is 0 Å². The minimum atomic E-state index is 0.451. The monoisotopic (exact) mass is 207 g/mol. The molecule has 1 heterocycles. The third-order valence-corrected chi connectivity index (χ3v) is 3.08. The molecule has 0 atom stereocenters. The summed E-state index contributed by atoms with van der Waals surface area (Å²) < 4.78 is 0. The van der Waals surface area contributed by atoms with Gasteiger partial charge in [-0.15, -0.1) is 0 Å². The van der Waals surface area contributed by atoms with Crippen molar-refractivity contribution in [3.63, 3.8) is 0 Å². The van der Waals surface area contributed by atoms with E-state index in [0.29, 0.717) is 12.0 Å². The highest BCUT2D eigenvalue weighted by molar-refractivity contribution is 5.37. The Labute approximate surface area is 91.7 Å². The van der Waals surface area contributed by atoms with Crippen molar-refractivity contribution in [2.45, 2.75) is 57.9 Å². The Morgan fingerprint density at radius 3 is 2.73 bits per heavy atom. The molecule has 0 spiro atoms. The fraction of sp³-hybridized carbons (Fsp3) is 0.750. The Hall–Kier alpha value is -0.990. The number of anilines is 1. The van der Waals surface area contributed by atoms with Crippen LogP contribution in [-0.4, -0.2) is 16.2 Å². The molecule has 0 aliphatic heterocycles. The highest BCUT2D eigenvalue weighted by Crippen LogP contribution is 2.32. The molecule has 3 heteroatoms. The number of rotatable bonds is 3. The fourth-order valence-electron chi connectivity index (χ4n) is 2.33. The lowest BCUT2D eigenvalue weighted by Gasteiger charge is -2.19. The maximum atomic E-state index is 4.30. The van der Waals surface area contributed by atoms with E-state index in [9.17, 15) is 0 Å². The maximum absolute atomic E-state index is 4.30. The summed E-state index contributed by atoms with van der Waals surface area (Å²) in [6.07, 6.45) is 6.79. The van der Waals surface area contributed by atoms with Gasteiger partial charge in [0, 0.05) is 23.7 Å². The van der Waals surface area contributed by atoms with E-state index in [2.05, 4.69) is 35.4 Å². The Morgan fingerprint density at radius 2 is 2.07 bits per heavy atom. The number of hydrogen-bond donors (Lipinski definition) is 2. The summed E-state index contributed by atoms with van der Waals surface area (Å²) in [6.45, 7) is 4.27. The van der Waals surface area contributed by atoms with Gasteiger partial charge in [-0.25, -0.2) is 0 Å². The Balaban J connectivity index is 1.99. The van der Waals surface area contributed by atoms with Crippen LogP contribution in [0.1, 0.15) is 57.6 Å². The number of aromatic nitrogens is 2. The molecule has 1 saturated carbocycles. The molecule has 3 nitrogen and oxygen atoms in total. The summed E-state index contributed by atoms with van der Waals surface area (Å²) in [5.74, 6) is 1.71. The molecule has 0 amide bonds. The topological polar surface area (TPSA) is 40.7 Å². The van der Waals surface area contributed by atoms with E-state index in [0.717, 1.165) is 5.82 Å². The number of nitrogens with zero attached hydrogens (tertiary/aromatic N) is 1. The molecule has 0 saturated heterocycles. The zero-order valence-electron chi connectivity index (χ0n) is 9.71. The summed E-state index contributed by atoms with van der Waals surface area (Å²) in [5, 5.41) is 10.8. The summed E-state index contributed by atoms with van der Waals surface area (Å²) in [7, 11) is 0. The number of H-pyrrole nitrogens is 1. The first-order valence-corrected chi connectivity index (χ1v) is 6.07. The average molecular weight is 207 g/mol. The third-order valence-electron chi connectivity index (χ3n) is 3.08. The van der Waals surface area contributed by atoms with Crippen molar-refractivity contribution in [2.24, 2.45) is 0 Å². The molecule has 1 aromatic heterocycles. The summed E-state index contributed by atoms with van der Waals surface area (Å²) in [5.41, 5.74) is 1.32. The quantitative estimate of drug-likeness (QED) is 0.798. The van der Waals surface area contributed by atoms with E-state index in [-0.39, 0.29) is 0 Å². The summed E-state index contributed by atoms with van der Waals surface area (Å²) in [6, 6.07) is 2.63. The van der Waals surface area contributed by atoms with Crippen molar-refractivity contribution in [3.05, 3.63) is 11.8 Å². The molecule has 1 fully saturated rings. The van der Waals surface area contributed by atoms with Gasteiger partial charge in [-0.3, -0.25) is 5.10 Å². The highest BCUT2D eigenvalue weighted by atomic mass is 15.2. The van der Waals surface area contributed by atoms with E-state index in [1.807, 2.05) is 0 Å². The molecule has 84 valence electrons. The number of aromatic amines is 1. The Morgan fingerprint density at radius 1 is 1.33 bits per heavy atom. The van der Waals surface area contributed by atoms with Crippen molar-refractivity contribution >= 4 is 5.82 Å². The molecule has 0 radical (unpaired) electrons. The lowest BCUT2D eigenvalue weighted by Crippen LogP contribution is -2.09. The van der Waals surface area contributed by atoms with Crippen LogP contribution < -0.4 is 5.32 Å². The van der Waals surface area contributed by atoms with E-state index < -0.39 is 0 Å². The molecule has 0 aromatic carbocycles. The van der Waals surface area contributed by atoms with Crippen molar-refractivity contribution in [1.82, 2.24) is 10.2 Å². The van der Waals surface area contributed by atoms with Gasteiger partial charge < -0.3 is 5.32 Å². The van der Waals surface area contributed by atoms with Gasteiger partial charge in [0.2, 0.25) is 0 Å². The van der Waals surface area contributed by atoms with Crippen LogP contribution in [0, 0.1) is 0 Å². The summed E-state index contributed by atoms with van der Waals surface area (Å²) >= 11 is 0. The molecule has 2 N–H and O–H groups in total. The Kier molecular flexibility index (Phi) is 3.29. The van der Waals surface area contributed by atoms with Crippen LogP contribution in [0.25, 0.3) is 0 Å². The second-order valence-corrected chi connectivity index (χ2v) is 4.84. The van der Waals surface area contributed by atoms with Crippen LogP contribution >= 0.6 is 0 Å². The van der Waals surface area contributed by atoms with Crippen molar-refractivity contribution in [2.75, 3.05) is 5.32 Å². The van der Waals surface area contributed by atoms with E-state index in [4.69, 9.17) is 0 Å². The van der Waals surface area contributed by atoms with Crippen LogP contribution in [0.15, 0.2) is 6.07 Å². The Bertz CT molecular complexity index is 298. The van der Waals surface area contributed by atoms with Gasteiger partial charge in [-0.1, -0.05) is 19.3 Å². The SMILES string of the molecule is CC(C)Nc1cc(C2CCCCC2)[nH]n1. The summed E-state index contributed by atoms with van der Waals surface area (Å²) in [4.78, 5) is 0. The van der Waals surface area contributed by atoms with Gasteiger partial charge in [0.05, 0.1) is 0 Å². The van der Waals surface area contributed by atoms with Crippen molar-refractivity contribution < 1.29 is 0 Å². The molecule has 1 aliphatic carbocycles. The van der Waals surface area contributed by atoms with E-state index >= 15 is 0 Å². The number of hydrogen-bond acceptors (Lipinski definition) is 2. The maximum Gasteiger partial charge on any atom is 0.148 e. The smallest absolute Gasteiger partial charge is 0.148 e. The molecule has 1 aliphatic rings. The normalized spacial score (nSPS) is 18.3. The molecule has 1 aromatic rings. The predicted molar refractivity (Wildman–Crippen MR) is 63.2 cm³/mol. The van der Waals surface area contributed by atoms with E-state index in [1.54, 1.807) is 0 Å². The lowest BCUT2D eigenvalue weighted by molar-refractivity contribution is 0.436. The van der Waals surface area contributed by atoms with Crippen LogP contribution in [0.5, 0.6) is 0 Å². The van der Waals surface area contributed by atoms with Gasteiger partial charge in [0.15, 0.2) is 0 Å². The highest BCUT2D eigenvalue weighted by Gasteiger charge is 2.17. The van der Waals surface area contributed by atoms with Crippen molar-refractivity contribution in [3.8, 4) is 0 Å². The lowest BCUT2D eigenvalue weighted by atomic mass is 9.87. The van der Waals surface area contributed by atoms with E-state index in [1.165, 1.54) is 37.8 Å². The van der Waals surface area contributed by atoms with Crippen LogP contribution in [0.2, 0.25) is 0 Å². The molecular weight excluding hydrogens is 186 g/mol. The van der Waals surface area contributed by atoms with Crippen LogP contribution in [0.4, 0.5) is 5.82 Å². The second-order valence-electron chi connectivity index (χ2n) is 4.84. The molecule has 0 bridgehead atoms. The van der Waals surface area contributed by atoms with Crippen LogP contribution in [-0.2, 0) is 0 Å². The van der Waals surface area contributed by atoms with Gasteiger partial charge >= 0.3 is 0 Å². The largest absolute Gasteiger partial charge is 0.366 e. The zero-order chi connectivity index (χ0) is 10.7. The first-order valence-electron chi connectivity index (χ1n) is 6.07. The van der Waals surface area contributed by atoms with Gasteiger partial charge in [-0.2, -0.15) is 5.10 Å². The molecule has 15 heavy (non-hydrogen) atoms.